The van der Waals surface area contributed by atoms with E-state index < -0.39 is 0 Å². The third-order valence-electron chi connectivity index (χ3n) is 2.53. The van der Waals surface area contributed by atoms with Gasteiger partial charge in [0, 0.05) is 0 Å². The number of halogens is 2. The summed E-state index contributed by atoms with van der Waals surface area (Å²) in [6, 6.07) is 3.13. The van der Waals surface area contributed by atoms with Crippen LogP contribution >= 0.6 is 15.9 Å². The molecule has 0 spiro atoms. The number of nitrogens with zero attached hydrogens (tertiary/aromatic N) is 4. The molecule has 0 aliphatic rings. The first-order valence-electron chi connectivity index (χ1n) is 5.57. The second-order valence-corrected chi connectivity index (χ2v) is 4.69. The second kappa shape index (κ2) is 5.53. The van der Waals surface area contributed by atoms with Crippen molar-refractivity contribution in [2.45, 2.75) is 20.4 Å². The van der Waals surface area contributed by atoms with Gasteiger partial charge in [-0.15, -0.1) is 5.10 Å². The first kappa shape index (κ1) is 13.1. The van der Waals surface area contributed by atoms with Crippen molar-refractivity contribution in [1.29, 1.82) is 0 Å². The minimum Gasteiger partial charge on any atom is -0.310 e. The summed E-state index contributed by atoms with van der Waals surface area (Å²) in [6.07, 6.45) is 0. The number of tetrazole rings is 1. The summed E-state index contributed by atoms with van der Waals surface area (Å²) >= 11 is 3.17. The Hall–Kier alpha value is -1.34. The van der Waals surface area contributed by atoms with E-state index in [1.807, 2.05) is 13.8 Å². The van der Waals surface area contributed by atoms with Crippen molar-refractivity contribution in [3.63, 3.8) is 0 Å². The highest BCUT2D eigenvalue weighted by atomic mass is 79.9. The van der Waals surface area contributed by atoms with Crippen molar-refractivity contribution >= 4 is 15.9 Å². The second-order valence-electron chi connectivity index (χ2n) is 3.84. The molecule has 0 bridgehead atoms. The van der Waals surface area contributed by atoms with E-state index in [2.05, 4.69) is 36.8 Å². The number of benzene rings is 1. The van der Waals surface area contributed by atoms with Gasteiger partial charge in [-0.2, -0.15) is 4.68 Å². The molecule has 0 saturated carbocycles. The minimum atomic E-state index is -0.294. The van der Waals surface area contributed by atoms with E-state index in [9.17, 15) is 4.39 Å². The summed E-state index contributed by atoms with van der Waals surface area (Å²) in [5.41, 5.74) is 1.54. The topological polar surface area (TPSA) is 55.6 Å². The molecule has 2 aromatic rings. The summed E-state index contributed by atoms with van der Waals surface area (Å²) < 4.78 is 15.4. The van der Waals surface area contributed by atoms with Crippen molar-refractivity contribution < 1.29 is 4.39 Å². The highest BCUT2D eigenvalue weighted by molar-refractivity contribution is 9.10. The number of nitrogens with one attached hydrogen (secondary N) is 1. The van der Waals surface area contributed by atoms with Crippen LogP contribution < -0.4 is 5.32 Å². The molecule has 0 fully saturated rings. The first-order valence-corrected chi connectivity index (χ1v) is 6.36. The van der Waals surface area contributed by atoms with Crippen molar-refractivity contribution in [3.05, 3.63) is 33.8 Å². The molecule has 0 saturated heterocycles. The molecular formula is C11H13BrFN5. The van der Waals surface area contributed by atoms with Crippen LogP contribution in [0, 0.1) is 12.7 Å². The van der Waals surface area contributed by atoms with Gasteiger partial charge in [-0.25, -0.2) is 4.39 Å². The van der Waals surface area contributed by atoms with Gasteiger partial charge in [0.05, 0.1) is 16.7 Å². The fraction of sp³-hybridized carbons (Fsp3) is 0.364. The van der Waals surface area contributed by atoms with Crippen molar-refractivity contribution in [2.75, 3.05) is 6.54 Å². The van der Waals surface area contributed by atoms with Crippen LogP contribution in [0.15, 0.2) is 16.6 Å². The summed E-state index contributed by atoms with van der Waals surface area (Å²) in [4.78, 5) is 0. The van der Waals surface area contributed by atoms with E-state index in [1.165, 1.54) is 6.07 Å². The molecule has 5 nitrogen and oxygen atoms in total. The van der Waals surface area contributed by atoms with Crippen molar-refractivity contribution in [2.24, 2.45) is 0 Å². The molecule has 0 amide bonds. The van der Waals surface area contributed by atoms with Gasteiger partial charge in [-0.05, 0) is 57.5 Å². The van der Waals surface area contributed by atoms with Crippen LogP contribution in [0.2, 0.25) is 0 Å². The quantitative estimate of drug-likeness (QED) is 0.937. The maximum atomic E-state index is 13.4. The first-order chi connectivity index (χ1) is 8.63. The number of aryl methyl sites for hydroxylation is 1. The summed E-state index contributed by atoms with van der Waals surface area (Å²) in [6.45, 7) is 5.23. The zero-order valence-electron chi connectivity index (χ0n) is 10.1. The van der Waals surface area contributed by atoms with Crippen LogP contribution in [-0.4, -0.2) is 26.8 Å². The lowest BCUT2D eigenvalue weighted by molar-refractivity contribution is 0.616. The minimum absolute atomic E-state index is 0.294. The summed E-state index contributed by atoms with van der Waals surface area (Å²) in [7, 11) is 0. The molecule has 0 atom stereocenters. The predicted molar refractivity (Wildman–Crippen MR) is 68.9 cm³/mol. The Morgan fingerprint density at radius 2 is 2.22 bits per heavy atom. The molecule has 0 radical (unpaired) electrons. The largest absolute Gasteiger partial charge is 0.310 e. The number of hydrogen-bond donors (Lipinski definition) is 1. The zero-order chi connectivity index (χ0) is 13.1. The van der Waals surface area contributed by atoms with Crippen LogP contribution in [0.5, 0.6) is 0 Å². The Morgan fingerprint density at radius 3 is 2.94 bits per heavy atom. The number of hydrogen-bond acceptors (Lipinski definition) is 4. The Kier molecular flexibility index (Phi) is 4.03. The lowest BCUT2D eigenvalue weighted by Gasteiger charge is -2.09. The van der Waals surface area contributed by atoms with E-state index in [4.69, 9.17) is 0 Å². The molecule has 2 rings (SSSR count). The predicted octanol–water partition coefficient (Wildman–Crippen LogP) is 1.98. The Bertz CT molecular complexity index is 554. The van der Waals surface area contributed by atoms with Crippen LogP contribution in [0.3, 0.4) is 0 Å². The molecule has 96 valence electrons. The Balaban J connectivity index is 2.42. The molecule has 18 heavy (non-hydrogen) atoms. The Morgan fingerprint density at radius 1 is 1.44 bits per heavy atom. The maximum absolute atomic E-state index is 13.4. The van der Waals surface area contributed by atoms with Gasteiger partial charge in [0.1, 0.15) is 5.82 Å². The van der Waals surface area contributed by atoms with Crippen LogP contribution in [0.25, 0.3) is 5.69 Å². The fourth-order valence-corrected chi connectivity index (χ4v) is 1.94. The van der Waals surface area contributed by atoms with Gasteiger partial charge in [0.2, 0.25) is 0 Å². The monoisotopic (exact) mass is 313 g/mol. The normalized spacial score (nSPS) is 10.9. The average molecular weight is 314 g/mol. The SMILES string of the molecule is CCNCc1nnnn1-c1cc(Br)c(F)cc1C. The van der Waals surface area contributed by atoms with Crippen LogP contribution in [0.1, 0.15) is 18.3 Å². The van der Waals surface area contributed by atoms with E-state index in [0.717, 1.165) is 17.8 Å². The summed E-state index contributed by atoms with van der Waals surface area (Å²) in [5.74, 6) is 0.399. The van der Waals surface area contributed by atoms with Crippen LogP contribution in [-0.2, 0) is 6.54 Å². The van der Waals surface area contributed by atoms with Gasteiger partial charge >= 0.3 is 0 Å². The fourth-order valence-electron chi connectivity index (χ4n) is 1.60. The molecule has 0 unspecified atom stereocenters. The van der Waals surface area contributed by atoms with E-state index in [0.29, 0.717) is 16.8 Å². The van der Waals surface area contributed by atoms with Gasteiger partial charge in [-0.3, -0.25) is 0 Å². The van der Waals surface area contributed by atoms with Crippen molar-refractivity contribution in [1.82, 2.24) is 25.5 Å². The number of aromatic nitrogens is 4. The molecule has 1 aromatic heterocycles. The van der Waals surface area contributed by atoms with Gasteiger partial charge < -0.3 is 5.32 Å². The highest BCUT2D eigenvalue weighted by Gasteiger charge is 2.12. The maximum Gasteiger partial charge on any atom is 0.170 e. The lowest BCUT2D eigenvalue weighted by atomic mass is 10.2. The standard InChI is InChI=1S/C11H13BrFN5/c1-3-14-6-11-15-16-17-18(11)10-5-8(12)9(13)4-7(10)2/h4-5,14H,3,6H2,1-2H3. The number of rotatable bonds is 4. The zero-order valence-corrected chi connectivity index (χ0v) is 11.7. The molecule has 1 heterocycles. The van der Waals surface area contributed by atoms with Crippen molar-refractivity contribution in [3.8, 4) is 5.69 Å². The smallest absolute Gasteiger partial charge is 0.170 e. The molecule has 1 aromatic carbocycles. The lowest BCUT2D eigenvalue weighted by Crippen LogP contribution is -2.16. The third kappa shape index (κ3) is 2.56. The van der Waals surface area contributed by atoms with Gasteiger partial charge in [0.25, 0.3) is 0 Å². The molecule has 7 heteroatoms. The van der Waals surface area contributed by atoms with E-state index in [-0.39, 0.29) is 5.82 Å². The van der Waals surface area contributed by atoms with E-state index in [1.54, 1.807) is 10.7 Å². The highest BCUT2D eigenvalue weighted by Crippen LogP contribution is 2.23. The Labute approximate surface area is 113 Å². The van der Waals surface area contributed by atoms with Gasteiger partial charge in [0.15, 0.2) is 5.82 Å². The van der Waals surface area contributed by atoms with Gasteiger partial charge in [-0.1, -0.05) is 6.92 Å². The van der Waals surface area contributed by atoms with Crippen LogP contribution in [0.4, 0.5) is 4.39 Å². The molecule has 0 aliphatic carbocycles. The summed E-state index contributed by atoms with van der Waals surface area (Å²) in [5, 5.41) is 14.7. The average Bonchev–Trinajstić information content (AvgIpc) is 2.79. The molecule has 1 N–H and O–H groups in total. The molecular weight excluding hydrogens is 301 g/mol. The van der Waals surface area contributed by atoms with E-state index >= 15 is 0 Å². The third-order valence-corrected chi connectivity index (χ3v) is 3.14. The molecule has 0 aliphatic heterocycles.